The summed E-state index contributed by atoms with van der Waals surface area (Å²) in [6.45, 7) is 1.52. The fourth-order valence-electron chi connectivity index (χ4n) is 3.21. The van der Waals surface area contributed by atoms with E-state index in [4.69, 9.17) is 4.74 Å². The van der Waals surface area contributed by atoms with Crippen LogP contribution in [0.25, 0.3) is 21.3 Å². The van der Waals surface area contributed by atoms with Crippen LogP contribution in [-0.2, 0) is 4.74 Å². The fraction of sp³-hybridized carbons (Fsp3) is 0.222. The first-order valence-corrected chi connectivity index (χ1v) is 9.02. The Balaban J connectivity index is 2.04. The highest BCUT2D eigenvalue weighted by molar-refractivity contribution is 7.22. The van der Waals surface area contributed by atoms with Gasteiger partial charge in [-0.3, -0.25) is 4.98 Å². The predicted octanol–water partition coefficient (Wildman–Crippen LogP) is 4.05. The maximum atomic E-state index is 14.6. The van der Waals surface area contributed by atoms with E-state index >= 15 is 0 Å². The molecule has 2 aromatic heterocycles. The molecular weight excluding hydrogens is 400 g/mol. The molecule has 0 bridgehead atoms. The zero-order valence-electron chi connectivity index (χ0n) is 14.1. The lowest BCUT2D eigenvalue weighted by atomic mass is 10.0. The van der Waals surface area contributed by atoms with Crippen LogP contribution in [0.15, 0.2) is 18.3 Å². The summed E-state index contributed by atoms with van der Waals surface area (Å²) in [6.07, 6.45) is 0.794. The number of aromatic carboxylic acids is 1. The number of hydrogen-bond donors (Lipinski definition) is 1. The molecule has 1 aliphatic rings. The van der Waals surface area contributed by atoms with E-state index in [1.54, 1.807) is 4.90 Å². The van der Waals surface area contributed by atoms with Gasteiger partial charge < -0.3 is 14.7 Å². The molecule has 1 aliphatic heterocycles. The monoisotopic (exact) mass is 412 g/mol. The number of carbonyl (C=O) groups is 1. The SMILES string of the molecule is O=C(O)c1sc2c(-c3cc(F)cc(F)c3F)c(F)cnc2c1N1CCOCC1. The highest BCUT2D eigenvalue weighted by Gasteiger charge is 2.29. The Labute approximate surface area is 159 Å². The molecule has 1 fully saturated rings. The largest absolute Gasteiger partial charge is 0.477 e. The summed E-state index contributed by atoms with van der Waals surface area (Å²) >= 11 is 0.686. The van der Waals surface area contributed by atoms with Gasteiger partial charge in [0.1, 0.15) is 16.2 Å². The minimum atomic E-state index is -1.47. The number of thiophene rings is 1. The van der Waals surface area contributed by atoms with Gasteiger partial charge >= 0.3 is 5.97 Å². The van der Waals surface area contributed by atoms with Crippen LogP contribution in [0.1, 0.15) is 9.67 Å². The van der Waals surface area contributed by atoms with Gasteiger partial charge in [-0.1, -0.05) is 0 Å². The number of carboxylic acids is 1. The second-order valence-corrected chi connectivity index (χ2v) is 7.11. The molecular formula is C18H12F4N2O3S. The fourth-order valence-corrected chi connectivity index (χ4v) is 4.38. The van der Waals surface area contributed by atoms with E-state index in [1.165, 1.54) is 0 Å². The van der Waals surface area contributed by atoms with Gasteiger partial charge in [-0.2, -0.15) is 0 Å². The molecule has 0 spiro atoms. The summed E-state index contributed by atoms with van der Waals surface area (Å²) in [5.74, 6) is -6.25. The number of fused-ring (bicyclic) bond motifs is 1. The molecule has 0 atom stereocenters. The number of halogens is 4. The number of hydrogen-bond acceptors (Lipinski definition) is 5. The summed E-state index contributed by atoms with van der Waals surface area (Å²) in [5.41, 5.74) is -0.666. The summed E-state index contributed by atoms with van der Waals surface area (Å²) in [5, 5.41) is 9.61. The van der Waals surface area contributed by atoms with Gasteiger partial charge in [0, 0.05) is 30.3 Å². The van der Waals surface area contributed by atoms with Crippen LogP contribution >= 0.6 is 11.3 Å². The number of anilines is 1. The molecule has 4 rings (SSSR count). The van der Waals surface area contributed by atoms with Crippen molar-refractivity contribution in [2.45, 2.75) is 0 Å². The van der Waals surface area contributed by atoms with Crippen molar-refractivity contribution in [2.75, 3.05) is 31.2 Å². The van der Waals surface area contributed by atoms with E-state index in [2.05, 4.69) is 4.98 Å². The first kappa shape index (κ1) is 18.6. The van der Waals surface area contributed by atoms with Crippen molar-refractivity contribution in [3.63, 3.8) is 0 Å². The number of rotatable bonds is 3. The first-order chi connectivity index (χ1) is 13.4. The molecule has 3 heterocycles. The molecule has 0 saturated carbocycles. The van der Waals surface area contributed by atoms with Gasteiger partial charge in [-0.05, 0) is 6.07 Å². The standard InChI is InChI=1S/C18H12F4N2O3S/c19-8-5-9(13(22)10(20)6-8)12-11(21)7-23-14-15(24-1-3-27-4-2-24)17(18(25)26)28-16(12)14/h5-7H,1-4H2,(H,25,26). The van der Waals surface area contributed by atoms with Crippen molar-refractivity contribution in [3.8, 4) is 11.1 Å². The van der Waals surface area contributed by atoms with Crippen LogP contribution in [0.2, 0.25) is 0 Å². The van der Waals surface area contributed by atoms with E-state index in [1.807, 2.05) is 0 Å². The molecule has 1 aromatic carbocycles. The van der Waals surface area contributed by atoms with E-state index < -0.39 is 40.4 Å². The lowest BCUT2D eigenvalue weighted by Crippen LogP contribution is -2.36. The number of nitrogens with zero attached hydrogens (tertiary/aromatic N) is 2. The maximum Gasteiger partial charge on any atom is 0.348 e. The molecule has 5 nitrogen and oxygen atoms in total. The number of benzene rings is 1. The average molecular weight is 412 g/mol. The topological polar surface area (TPSA) is 62.7 Å². The van der Waals surface area contributed by atoms with Crippen LogP contribution in [-0.4, -0.2) is 42.4 Å². The lowest BCUT2D eigenvalue weighted by Gasteiger charge is -2.28. The average Bonchev–Trinajstić information content (AvgIpc) is 3.05. The highest BCUT2D eigenvalue weighted by atomic mass is 32.1. The number of carboxylic acid groups (broad SMARTS) is 1. The van der Waals surface area contributed by atoms with Gasteiger partial charge in [0.25, 0.3) is 0 Å². The summed E-state index contributed by atoms with van der Waals surface area (Å²) in [4.78, 5) is 17.4. The zero-order chi connectivity index (χ0) is 20.0. The molecule has 28 heavy (non-hydrogen) atoms. The third-order valence-electron chi connectivity index (χ3n) is 4.42. The highest BCUT2D eigenvalue weighted by Crippen LogP contribution is 2.44. The third-order valence-corrected chi connectivity index (χ3v) is 5.59. The van der Waals surface area contributed by atoms with Gasteiger partial charge in [0.2, 0.25) is 0 Å². The minimum absolute atomic E-state index is 0.00259. The van der Waals surface area contributed by atoms with Crippen LogP contribution in [0.4, 0.5) is 23.2 Å². The van der Waals surface area contributed by atoms with Crippen molar-refractivity contribution in [1.29, 1.82) is 0 Å². The quantitative estimate of drug-likeness (QED) is 0.519. The molecule has 0 aliphatic carbocycles. The second-order valence-electron chi connectivity index (χ2n) is 6.09. The maximum absolute atomic E-state index is 14.6. The molecule has 10 heteroatoms. The molecule has 1 N–H and O–H groups in total. The molecule has 1 saturated heterocycles. The third kappa shape index (κ3) is 2.98. The number of morpholine rings is 1. The van der Waals surface area contributed by atoms with E-state index in [9.17, 15) is 27.5 Å². The Morgan fingerprint density at radius 3 is 2.54 bits per heavy atom. The van der Waals surface area contributed by atoms with Gasteiger partial charge in [0.05, 0.1) is 29.8 Å². The lowest BCUT2D eigenvalue weighted by molar-refractivity contribution is 0.0701. The number of ether oxygens (including phenoxy) is 1. The van der Waals surface area contributed by atoms with Crippen LogP contribution in [0.5, 0.6) is 0 Å². The van der Waals surface area contributed by atoms with E-state index in [0.29, 0.717) is 49.8 Å². The number of pyridine rings is 1. The Kier molecular flexibility index (Phi) is 4.68. The Morgan fingerprint density at radius 2 is 1.86 bits per heavy atom. The van der Waals surface area contributed by atoms with Crippen LogP contribution in [0, 0.1) is 23.3 Å². The van der Waals surface area contributed by atoms with Crippen molar-refractivity contribution in [3.05, 3.63) is 46.5 Å². The van der Waals surface area contributed by atoms with Crippen molar-refractivity contribution in [2.24, 2.45) is 0 Å². The van der Waals surface area contributed by atoms with Gasteiger partial charge in [-0.15, -0.1) is 11.3 Å². The van der Waals surface area contributed by atoms with Gasteiger partial charge in [0.15, 0.2) is 17.5 Å². The summed E-state index contributed by atoms with van der Waals surface area (Å²) in [6, 6.07) is 1.02. The van der Waals surface area contributed by atoms with Crippen LogP contribution < -0.4 is 4.90 Å². The molecule has 0 radical (unpaired) electrons. The molecule has 3 aromatic rings. The zero-order valence-corrected chi connectivity index (χ0v) is 15.0. The number of aromatic nitrogens is 1. The normalized spacial score (nSPS) is 14.6. The summed E-state index contributed by atoms with van der Waals surface area (Å²) in [7, 11) is 0. The smallest absolute Gasteiger partial charge is 0.348 e. The predicted molar refractivity (Wildman–Crippen MR) is 94.9 cm³/mol. The van der Waals surface area contributed by atoms with Crippen molar-refractivity contribution >= 4 is 33.2 Å². The molecule has 146 valence electrons. The van der Waals surface area contributed by atoms with Crippen LogP contribution in [0.3, 0.4) is 0 Å². The van der Waals surface area contributed by atoms with Gasteiger partial charge in [-0.25, -0.2) is 22.4 Å². The van der Waals surface area contributed by atoms with Crippen molar-refractivity contribution in [1.82, 2.24) is 4.98 Å². The minimum Gasteiger partial charge on any atom is -0.477 e. The van der Waals surface area contributed by atoms with E-state index in [0.717, 1.165) is 6.20 Å². The first-order valence-electron chi connectivity index (χ1n) is 8.20. The Bertz CT molecular complexity index is 1100. The Hall–Kier alpha value is -2.72. The Morgan fingerprint density at radius 1 is 1.14 bits per heavy atom. The summed E-state index contributed by atoms with van der Waals surface area (Å²) < 4.78 is 61.5. The van der Waals surface area contributed by atoms with E-state index in [-0.39, 0.29) is 20.8 Å². The van der Waals surface area contributed by atoms with Crippen molar-refractivity contribution < 1.29 is 32.2 Å². The molecule has 0 amide bonds. The second kappa shape index (κ2) is 7.02. The molecule has 0 unspecified atom stereocenters.